The van der Waals surface area contributed by atoms with E-state index in [2.05, 4.69) is 20.8 Å². The lowest BCUT2D eigenvalue weighted by molar-refractivity contribution is -0.137. The van der Waals surface area contributed by atoms with Crippen molar-refractivity contribution in [2.45, 2.75) is 25.9 Å². The van der Waals surface area contributed by atoms with Crippen molar-refractivity contribution in [3.05, 3.63) is 46.6 Å². The summed E-state index contributed by atoms with van der Waals surface area (Å²) in [5, 5.41) is 12.6. The molecule has 0 atom stereocenters. The Kier molecular flexibility index (Phi) is 6.19. The van der Waals surface area contributed by atoms with Gasteiger partial charge in [-0.25, -0.2) is 0 Å². The molecule has 0 spiro atoms. The van der Waals surface area contributed by atoms with Crippen LogP contribution in [0.5, 0.6) is 0 Å². The molecule has 1 aromatic heterocycles. The first kappa shape index (κ1) is 19.0. The van der Waals surface area contributed by atoms with Gasteiger partial charge in [0, 0.05) is 12.2 Å². The summed E-state index contributed by atoms with van der Waals surface area (Å²) in [5.41, 5.74) is -0.654. The molecule has 9 heteroatoms. The molecular weight excluding hydrogens is 357 g/mol. The molecule has 0 aliphatic rings. The first-order valence-corrected chi connectivity index (χ1v) is 7.94. The average molecular weight is 373 g/mol. The number of unbranched alkanes of at least 4 members (excludes halogenated alkanes) is 1. The topological polar surface area (TPSA) is 66.9 Å². The van der Waals surface area contributed by atoms with E-state index in [0.717, 1.165) is 25.0 Å². The summed E-state index contributed by atoms with van der Waals surface area (Å²) < 4.78 is 38.6. The van der Waals surface area contributed by atoms with Gasteiger partial charge in [-0.15, -0.1) is 10.2 Å². The van der Waals surface area contributed by atoms with Crippen molar-refractivity contribution in [1.82, 2.24) is 15.5 Å². The first-order chi connectivity index (χ1) is 11.8. The summed E-state index contributed by atoms with van der Waals surface area (Å²) in [6.45, 7) is 2.55. The number of amides is 1. The van der Waals surface area contributed by atoms with Gasteiger partial charge in [0.1, 0.15) is 0 Å². The molecule has 0 aliphatic carbocycles. The molecule has 0 unspecified atom stereocenters. The van der Waals surface area contributed by atoms with Gasteiger partial charge >= 0.3 is 6.18 Å². The van der Waals surface area contributed by atoms with Crippen molar-refractivity contribution < 1.29 is 18.0 Å². The van der Waals surface area contributed by atoms with E-state index in [-0.39, 0.29) is 28.1 Å². The first-order valence-electron chi connectivity index (χ1n) is 7.57. The van der Waals surface area contributed by atoms with Crippen molar-refractivity contribution in [1.29, 1.82) is 0 Å². The quantitative estimate of drug-likeness (QED) is 0.736. The van der Waals surface area contributed by atoms with Crippen molar-refractivity contribution >= 4 is 29.0 Å². The Morgan fingerprint density at radius 1 is 1.20 bits per heavy atom. The number of benzene rings is 1. The van der Waals surface area contributed by atoms with Gasteiger partial charge < -0.3 is 10.6 Å². The average Bonchev–Trinajstić information content (AvgIpc) is 2.56. The molecule has 1 aromatic carbocycles. The Morgan fingerprint density at radius 3 is 2.56 bits per heavy atom. The molecule has 134 valence electrons. The molecule has 0 radical (unpaired) electrons. The number of rotatable bonds is 6. The Bertz CT molecular complexity index is 735. The molecule has 0 saturated carbocycles. The molecule has 1 heterocycles. The van der Waals surface area contributed by atoms with E-state index in [1.165, 1.54) is 18.2 Å². The van der Waals surface area contributed by atoms with Crippen LogP contribution in [0.3, 0.4) is 0 Å². The number of hydrogen-bond acceptors (Lipinski definition) is 4. The predicted molar refractivity (Wildman–Crippen MR) is 89.0 cm³/mol. The smallest absolute Gasteiger partial charge is 0.351 e. The van der Waals surface area contributed by atoms with Crippen LogP contribution in [0.15, 0.2) is 30.3 Å². The van der Waals surface area contributed by atoms with Gasteiger partial charge in [-0.05, 0) is 36.8 Å². The number of aromatic nitrogens is 2. The molecule has 0 saturated heterocycles. The molecule has 0 bridgehead atoms. The fourth-order valence-electron chi connectivity index (χ4n) is 1.96. The molecule has 0 aliphatic heterocycles. The van der Waals surface area contributed by atoms with Crippen molar-refractivity contribution in [2.75, 3.05) is 11.9 Å². The zero-order valence-corrected chi connectivity index (χ0v) is 14.1. The Hall–Kier alpha value is -2.35. The molecular formula is C16H16ClF3N4O. The minimum atomic E-state index is -4.55. The second-order valence-electron chi connectivity index (χ2n) is 5.23. The maximum absolute atomic E-state index is 12.9. The van der Waals surface area contributed by atoms with Crippen LogP contribution in [0.2, 0.25) is 5.02 Å². The number of halogens is 4. The van der Waals surface area contributed by atoms with Gasteiger partial charge in [0.15, 0.2) is 11.5 Å². The molecule has 2 aromatic rings. The standard InChI is InChI=1S/C16H16ClF3N4O/c1-2-3-8-21-15(25)13-6-7-14(24-23-13)22-10-4-5-12(17)11(9-10)16(18,19)20/h4-7,9H,2-3,8H2,1H3,(H,21,25)(H,22,24). The maximum Gasteiger partial charge on any atom is 0.417 e. The van der Waals surface area contributed by atoms with E-state index < -0.39 is 11.7 Å². The fraction of sp³-hybridized carbons (Fsp3) is 0.312. The van der Waals surface area contributed by atoms with E-state index >= 15 is 0 Å². The highest BCUT2D eigenvalue weighted by Gasteiger charge is 2.33. The lowest BCUT2D eigenvalue weighted by atomic mass is 10.2. The Labute approximate surface area is 147 Å². The highest BCUT2D eigenvalue weighted by molar-refractivity contribution is 6.31. The number of nitrogens with zero attached hydrogens (tertiary/aromatic N) is 2. The van der Waals surface area contributed by atoms with Gasteiger partial charge in [0.05, 0.1) is 10.6 Å². The lowest BCUT2D eigenvalue weighted by Gasteiger charge is -2.12. The van der Waals surface area contributed by atoms with Crippen LogP contribution in [0.1, 0.15) is 35.8 Å². The maximum atomic E-state index is 12.9. The SMILES string of the molecule is CCCCNC(=O)c1ccc(Nc2ccc(Cl)c(C(F)(F)F)c2)nn1. The van der Waals surface area contributed by atoms with Gasteiger partial charge in [0.2, 0.25) is 0 Å². The third-order valence-electron chi connectivity index (χ3n) is 3.26. The molecule has 5 nitrogen and oxygen atoms in total. The minimum absolute atomic E-state index is 0.133. The molecule has 2 N–H and O–H groups in total. The summed E-state index contributed by atoms with van der Waals surface area (Å²) in [6.07, 6.45) is -2.74. The van der Waals surface area contributed by atoms with Crippen LogP contribution >= 0.6 is 11.6 Å². The highest BCUT2D eigenvalue weighted by atomic mass is 35.5. The Balaban J connectivity index is 2.08. The fourth-order valence-corrected chi connectivity index (χ4v) is 2.18. The van der Waals surface area contributed by atoms with Gasteiger partial charge in [-0.1, -0.05) is 24.9 Å². The zero-order chi connectivity index (χ0) is 18.4. The van der Waals surface area contributed by atoms with Crippen LogP contribution < -0.4 is 10.6 Å². The summed E-state index contributed by atoms with van der Waals surface area (Å²) >= 11 is 5.57. The molecule has 0 fully saturated rings. The van der Waals surface area contributed by atoms with E-state index in [4.69, 9.17) is 11.6 Å². The minimum Gasteiger partial charge on any atom is -0.351 e. The summed E-state index contributed by atoms with van der Waals surface area (Å²) in [5.74, 6) is -0.140. The summed E-state index contributed by atoms with van der Waals surface area (Å²) in [7, 11) is 0. The largest absolute Gasteiger partial charge is 0.417 e. The monoisotopic (exact) mass is 372 g/mol. The lowest BCUT2D eigenvalue weighted by Crippen LogP contribution is -2.25. The highest BCUT2D eigenvalue weighted by Crippen LogP contribution is 2.36. The molecule has 1 amide bonds. The van der Waals surface area contributed by atoms with Crippen LogP contribution in [0.25, 0.3) is 0 Å². The predicted octanol–water partition coefficient (Wildman–Crippen LogP) is 4.42. The van der Waals surface area contributed by atoms with Crippen molar-refractivity contribution in [3.63, 3.8) is 0 Å². The van der Waals surface area contributed by atoms with Gasteiger partial charge in [-0.3, -0.25) is 4.79 Å². The van der Waals surface area contributed by atoms with Gasteiger partial charge in [-0.2, -0.15) is 13.2 Å². The summed E-state index contributed by atoms with van der Waals surface area (Å²) in [4.78, 5) is 11.8. The van der Waals surface area contributed by atoms with Crippen molar-refractivity contribution in [2.24, 2.45) is 0 Å². The third kappa shape index (κ3) is 5.32. The van der Waals surface area contributed by atoms with E-state index in [1.807, 2.05) is 6.92 Å². The van der Waals surface area contributed by atoms with Crippen LogP contribution in [0.4, 0.5) is 24.7 Å². The zero-order valence-electron chi connectivity index (χ0n) is 13.3. The van der Waals surface area contributed by atoms with Crippen LogP contribution in [-0.2, 0) is 6.18 Å². The van der Waals surface area contributed by atoms with E-state index in [0.29, 0.717) is 6.54 Å². The van der Waals surface area contributed by atoms with E-state index in [9.17, 15) is 18.0 Å². The number of hydrogen-bond donors (Lipinski definition) is 2. The number of nitrogens with one attached hydrogen (secondary N) is 2. The van der Waals surface area contributed by atoms with Crippen LogP contribution in [0, 0.1) is 0 Å². The normalized spacial score (nSPS) is 11.2. The third-order valence-corrected chi connectivity index (χ3v) is 3.59. The van der Waals surface area contributed by atoms with Crippen molar-refractivity contribution in [3.8, 4) is 0 Å². The number of carbonyl (C=O) groups is 1. The van der Waals surface area contributed by atoms with Gasteiger partial charge in [0.25, 0.3) is 5.91 Å². The number of alkyl halides is 3. The van der Waals surface area contributed by atoms with E-state index in [1.54, 1.807) is 0 Å². The molecule has 2 rings (SSSR count). The summed E-state index contributed by atoms with van der Waals surface area (Å²) in [6, 6.07) is 6.33. The second-order valence-corrected chi connectivity index (χ2v) is 5.64. The van der Waals surface area contributed by atoms with Crippen LogP contribution in [-0.4, -0.2) is 22.6 Å². The number of carbonyl (C=O) groups excluding carboxylic acids is 1. The molecule has 25 heavy (non-hydrogen) atoms. The Morgan fingerprint density at radius 2 is 1.96 bits per heavy atom. The second kappa shape index (κ2) is 8.15. The number of anilines is 2.